The monoisotopic (exact) mass is 288 g/mol. The minimum Gasteiger partial charge on any atom is -0.294 e. The van der Waals surface area contributed by atoms with Gasteiger partial charge >= 0.3 is 0 Å². The van der Waals surface area contributed by atoms with E-state index in [2.05, 4.69) is 15.9 Å². The van der Waals surface area contributed by atoms with E-state index >= 15 is 0 Å². The van der Waals surface area contributed by atoms with Crippen LogP contribution in [0.25, 0.3) is 0 Å². The maximum atomic E-state index is 13.5. The third kappa shape index (κ3) is 1.90. The maximum absolute atomic E-state index is 13.5. The van der Waals surface area contributed by atoms with Gasteiger partial charge in [-0.25, -0.2) is 8.78 Å². The zero-order chi connectivity index (χ0) is 12.1. The highest BCUT2D eigenvalue weighted by atomic mass is 79.9. The SMILES string of the molecule is CC1(C)CC1C(=O)c1cc(F)c(Br)cc1F. The van der Waals surface area contributed by atoms with Crippen molar-refractivity contribution in [2.75, 3.05) is 0 Å². The zero-order valence-corrected chi connectivity index (χ0v) is 10.6. The van der Waals surface area contributed by atoms with Gasteiger partial charge in [-0.1, -0.05) is 13.8 Å². The number of Topliss-reactive ketones (excluding diaryl/α,β-unsaturated/α-hetero) is 1. The van der Waals surface area contributed by atoms with Crippen molar-refractivity contribution in [3.8, 4) is 0 Å². The zero-order valence-electron chi connectivity index (χ0n) is 8.98. The minimum atomic E-state index is -0.666. The molecule has 1 aromatic rings. The quantitative estimate of drug-likeness (QED) is 0.595. The molecule has 0 aliphatic heterocycles. The van der Waals surface area contributed by atoms with Gasteiger partial charge in [-0.15, -0.1) is 0 Å². The summed E-state index contributed by atoms with van der Waals surface area (Å²) in [6.07, 6.45) is 0.739. The Morgan fingerprint density at radius 2 is 1.94 bits per heavy atom. The van der Waals surface area contributed by atoms with Crippen LogP contribution in [-0.4, -0.2) is 5.78 Å². The Bertz CT molecular complexity index is 468. The second-order valence-corrected chi connectivity index (χ2v) is 5.71. The van der Waals surface area contributed by atoms with Gasteiger partial charge in [0.2, 0.25) is 0 Å². The lowest BCUT2D eigenvalue weighted by Gasteiger charge is -2.05. The Kier molecular flexibility index (Phi) is 2.65. The van der Waals surface area contributed by atoms with Crippen LogP contribution < -0.4 is 0 Å². The number of carbonyl (C=O) groups excluding carboxylic acids is 1. The Hall–Kier alpha value is -0.770. The van der Waals surface area contributed by atoms with E-state index in [9.17, 15) is 13.6 Å². The molecule has 1 saturated carbocycles. The summed E-state index contributed by atoms with van der Waals surface area (Å²) in [5, 5.41) is 0. The molecule has 1 aliphatic rings. The first-order valence-electron chi connectivity index (χ1n) is 5.01. The molecule has 2 rings (SSSR count). The van der Waals surface area contributed by atoms with E-state index in [1.165, 1.54) is 0 Å². The topological polar surface area (TPSA) is 17.1 Å². The number of halogens is 3. The Balaban J connectivity index is 2.35. The van der Waals surface area contributed by atoms with Crippen LogP contribution in [0.15, 0.2) is 16.6 Å². The van der Waals surface area contributed by atoms with Crippen LogP contribution in [0.3, 0.4) is 0 Å². The molecule has 1 fully saturated rings. The van der Waals surface area contributed by atoms with E-state index in [1.54, 1.807) is 0 Å². The molecule has 0 bridgehead atoms. The number of hydrogen-bond acceptors (Lipinski definition) is 1. The standard InChI is InChI=1S/C12H11BrF2O/c1-12(2)5-7(12)11(16)6-3-10(15)8(13)4-9(6)14/h3-4,7H,5H2,1-2H3. The van der Waals surface area contributed by atoms with Gasteiger partial charge in [0.25, 0.3) is 0 Å². The van der Waals surface area contributed by atoms with E-state index < -0.39 is 11.6 Å². The maximum Gasteiger partial charge on any atom is 0.169 e. The molecule has 86 valence electrons. The van der Waals surface area contributed by atoms with Crippen LogP contribution >= 0.6 is 15.9 Å². The molecule has 1 aromatic carbocycles. The molecule has 0 aromatic heterocycles. The fourth-order valence-corrected chi connectivity index (χ4v) is 2.13. The molecule has 16 heavy (non-hydrogen) atoms. The summed E-state index contributed by atoms with van der Waals surface area (Å²) in [6, 6.07) is 1.97. The first-order chi connectivity index (χ1) is 7.33. The van der Waals surface area contributed by atoms with Crippen molar-refractivity contribution in [1.82, 2.24) is 0 Å². The fourth-order valence-electron chi connectivity index (χ4n) is 1.81. The third-order valence-corrected chi connectivity index (χ3v) is 3.71. The van der Waals surface area contributed by atoms with E-state index in [0.717, 1.165) is 18.6 Å². The van der Waals surface area contributed by atoms with Crippen LogP contribution in [0.2, 0.25) is 0 Å². The summed E-state index contributed by atoms with van der Waals surface area (Å²) in [5.41, 5.74) is -0.219. The van der Waals surface area contributed by atoms with Gasteiger partial charge in [-0.05, 0) is 39.9 Å². The Morgan fingerprint density at radius 1 is 1.38 bits per heavy atom. The molecule has 1 atom stereocenters. The predicted molar refractivity (Wildman–Crippen MR) is 60.3 cm³/mol. The van der Waals surface area contributed by atoms with Crippen LogP contribution in [0.5, 0.6) is 0 Å². The van der Waals surface area contributed by atoms with Crippen LogP contribution in [-0.2, 0) is 0 Å². The highest BCUT2D eigenvalue weighted by Crippen LogP contribution is 2.53. The molecule has 1 unspecified atom stereocenters. The molecule has 0 amide bonds. The van der Waals surface area contributed by atoms with Crippen molar-refractivity contribution in [1.29, 1.82) is 0 Å². The predicted octanol–water partition coefficient (Wildman–Crippen LogP) is 3.96. The fraction of sp³-hybridized carbons (Fsp3) is 0.417. The average Bonchev–Trinajstić information content (AvgIpc) is 2.80. The van der Waals surface area contributed by atoms with Crippen molar-refractivity contribution in [2.24, 2.45) is 11.3 Å². The van der Waals surface area contributed by atoms with Crippen molar-refractivity contribution >= 4 is 21.7 Å². The molecule has 0 spiro atoms. The van der Waals surface area contributed by atoms with Gasteiger partial charge in [0.1, 0.15) is 11.6 Å². The van der Waals surface area contributed by atoms with E-state index in [0.29, 0.717) is 0 Å². The number of hydrogen-bond donors (Lipinski definition) is 0. The Labute approximate surface area is 101 Å². The third-order valence-electron chi connectivity index (χ3n) is 3.11. The van der Waals surface area contributed by atoms with Crippen LogP contribution in [0, 0.1) is 23.0 Å². The second-order valence-electron chi connectivity index (χ2n) is 4.86. The summed E-state index contributed by atoms with van der Waals surface area (Å²) in [7, 11) is 0. The number of carbonyl (C=O) groups is 1. The number of benzene rings is 1. The molecule has 0 heterocycles. The normalized spacial score (nSPS) is 21.9. The van der Waals surface area contributed by atoms with Gasteiger partial charge in [-0.2, -0.15) is 0 Å². The van der Waals surface area contributed by atoms with Gasteiger partial charge in [0.15, 0.2) is 5.78 Å². The second kappa shape index (κ2) is 3.62. The minimum absolute atomic E-state index is 0.0385. The van der Waals surface area contributed by atoms with E-state index in [1.807, 2.05) is 13.8 Å². The van der Waals surface area contributed by atoms with E-state index in [-0.39, 0.29) is 27.2 Å². The summed E-state index contributed by atoms with van der Waals surface area (Å²) in [5.74, 6) is -1.75. The highest BCUT2D eigenvalue weighted by molar-refractivity contribution is 9.10. The van der Waals surface area contributed by atoms with Gasteiger partial charge in [0, 0.05) is 5.92 Å². The molecular formula is C12H11BrF2O. The largest absolute Gasteiger partial charge is 0.294 e. The summed E-state index contributed by atoms with van der Waals surface area (Å²) in [4.78, 5) is 11.9. The van der Waals surface area contributed by atoms with Gasteiger partial charge in [0.05, 0.1) is 10.0 Å². The van der Waals surface area contributed by atoms with Crippen LogP contribution in [0.4, 0.5) is 8.78 Å². The number of rotatable bonds is 2. The van der Waals surface area contributed by atoms with Crippen LogP contribution in [0.1, 0.15) is 30.6 Å². The lowest BCUT2D eigenvalue weighted by atomic mass is 10.0. The molecule has 0 radical (unpaired) electrons. The summed E-state index contributed by atoms with van der Waals surface area (Å²) in [6.45, 7) is 3.89. The van der Waals surface area contributed by atoms with Gasteiger partial charge < -0.3 is 0 Å². The average molecular weight is 289 g/mol. The lowest BCUT2D eigenvalue weighted by Crippen LogP contribution is -2.09. The summed E-state index contributed by atoms with van der Waals surface area (Å²) >= 11 is 2.88. The lowest BCUT2D eigenvalue weighted by molar-refractivity contribution is 0.0948. The van der Waals surface area contributed by atoms with Crippen molar-refractivity contribution in [3.63, 3.8) is 0 Å². The van der Waals surface area contributed by atoms with Crippen molar-refractivity contribution < 1.29 is 13.6 Å². The Morgan fingerprint density at radius 3 is 2.44 bits per heavy atom. The molecule has 0 N–H and O–H groups in total. The molecule has 4 heteroatoms. The van der Waals surface area contributed by atoms with E-state index in [4.69, 9.17) is 0 Å². The smallest absolute Gasteiger partial charge is 0.169 e. The molecular weight excluding hydrogens is 278 g/mol. The van der Waals surface area contributed by atoms with Crippen molar-refractivity contribution in [2.45, 2.75) is 20.3 Å². The first kappa shape index (κ1) is 11.7. The van der Waals surface area contributed by atoms with Gasteiger partial charge in [-0.3, -0.25) is 4.79 Å². The summed E-state index contributed by atoms with van der Waals surface area (Å²) < 4.78 is 26.8. The molecule has 0 saturated heterocycles. The first-order valence-corrected chi connectivity index (χ1v) is 5.81. The molecule has 1 nitrogen and oxygen atoms in total. The molecule has 1 aliphatic carbocycles. The number of ketones is 1. The highest BCUT2D eigenvalue weighted by Gasteiger charge is 2.51. The van der Waals surface area contributed by atoms with Crippen molar-refractivity contribution in [3.05, 3.63) is 33.8 Å².